The first kappa shape index (κ1) is 15.0. The molecule has 1 amide bonds. The summed E-state index contributed by atoms with van der Waals surface area (Å²) in [6.45, 7) is 3.56. The van der Waals surface area contributed by atoms with Gasteiger partial charge >= 0.3 is 0 Å². The molecular formula is C15H20N2O2S. The van der Waals surface area contributed by atoms with Crippen molar-refractivity contribution in [3.63, 3.8) is 0 Å². The van der Waals surface area contributed by atoms with Crippen LogP contribution in [0.2, 0.25) is 0 Å². The zero-order chi connectivity index (χ0) is 14.4. The monoisotopic (exact) mass is 292 g/mol. The second-order valence-electron chi connectivity index (χ2n) is 5.13. The van der Waals surface area contributed by atoms with Crippen molar-refractivity contribution in [2.24, 2.45) is 5.18 Å². The Morgan fingerprint density at radius 1 is 1.25 bits per heavy atom. The normalized spacial score (nSPS) is 16.8. The number of rotatable bonds is 5. The third kappa shape index (κ3) is 4.07. The van der Waals surface area contributed by atoms with E-state index < -0.39 is 6.04 Å². The zero-order valence-electron chi connectivity index (χ0n) is 11.7. The quantitative estimate of drug-likeness (QED) is 0.618. The van der Waals surface area contributed by atoms with E-state index in [1.165, 1.54) is 23.7 Å². The van der Waals surface area contributed by atoms with Gasteiger partial charge in [-0.1, -0.05) is 22.9 Å². The van der Waals surface area contributed by atoms with Gasteiger partial charge in [0.1, 0.15) is 0 Å². The lowest BCUT2D eigenvalue weighted by Gasteiger charge is -2.28. The summed E-state index contributed by atoms with van der Waals surface area (Å²) < 4.78 is 0. The van der Waals surface area contributed by atoms with E-state index in [9.17, 15) is 9.70 Å². The number of likely N-dealkylation sites (tertiary alicyclic amines) is 1. The van der Waals surface area contributed by atoms with E-state index in [1.807, 2.05) is 31.2 Å². The maximum atomic E-state index is 12.2. The number of aryl methyl sites for hydroxylation is 1. The fourth-order valence-electron chi connectivity index (χ4n) is 2.28. The Bertz CT molecular complexity index is 455. The van der Waals surface area contributed by atoms with Crippen LogP contribution in [0.4, 0.5) is 0 Å². The minimum atomic E-state index is -0.764. The average Bonchev–Trinajstić information content (AvgIpc) is 2.50. The van der Waals surface area contributed by atoms with Gasteiger partial charge in [-0.3, -0.25) is 4.79 Å². The van der Waals surface area contributed by atoms with E-state index in [2.05, 4.69) is 5.18 Å². The Hall–Kier alpha value is -1.36. The number of nitrogens with zero attached hydrogens (tertiary/aromatic N) is 2. The van der Waals surface area contributed by atoms with E-state index in [4.69, 9.17) is 0 Å². The molecule has 1 atom stereocenters. The maximum Gasteiger partial charge on any atom is 0.251 e. The highest BCUT2D eigenvalue weighted by Crippen LogP contribution is 2.21. The Labute approximate surface area is 123 Å². The Kier molecular flexibility index (Phi) is 5.59. The van der Waals surface area contributed by atoms with Gasteiger partial charge in [0.05, 0.1) is 0 Å². The topological polar surface area (TPSA) is 49.7 Å². The molecule has 0 saturated carbocycles. The fourth-order valence-corrected chi connectivity index (χ4v) is 3.16. The van der Waals surface area contributed by atoms with Crippen molar-refractivity contribution in [2.45, 2.75) is 37.1 Å². The molecule has 1 saturated heterocycles. The molecule has 4 nitrogen and oxygen atoms in total. The van der Waals surface area contributed by atoms with Crippen LogP contribution in [0.3, 0.4) is 0 Å². The number of hydrogen-bond acceptors (Lipinski definition) is 4. The number of benzene rings is 1. The van der Waals surface area contributed by atoms with Crippen LogP contribution in [0.5, 0.6) is 0 Å². The number of thioether (sulfide) groups is 1. The second kappa shape index (κ2) is 7.43. The standard InChI is InChI=1S/C15H20N2O2S/c1-12-5-7-13(8-6-12)20-11-14(16-19)15(18)17-9-3-2-4-10-17/h5-8,14H,2-4,9-11H2,1H3. The van der Waals surface area contributed by atoms with E-state index in [0.29, 0.717) is 5.75 Å². The number of nitroso groups, excluding NO2 is 1. The number of carbonyl (C=O) groups excluding carboxylic acids is 1. The van der Waals surface area contributed by atoms with Gasteiger partial charge in [-0.05, 0) is 38.3 Å². The third-order valence-corrected chi connectivity index (χ3v) is 4.60. The first-order chi connectivity index (χ1) is 9.70. The summed E-state index contributed by atoms with van der Waals surface area (Å²) in [5.74, 6) is 0.307. The summed E-state index contributed by atoms with van der Waals surface area (Å²) in [5, 5.41) is 3.03. The first-order valence-electron chi connectivity index (χ1n) is 7.01. The van der Waals surface area contributed by atoms with Crippen LogP contribution in [-0.2, 0) is 4.79 Å². The highest BCUT2D eigenvalue weighted by Gasteiger charge is 2.26. The van der Waals surface area contributed by atoms with Crippen LogP contribution in [0.15, 0.2) is 34.3 Å². The Balaban J connectivity index is 1.89. The molecule has 0 aliphatic carbocycles. The molecule has 2 rings (SSSR count). The van der Waals surface area contributed by atoms with Crippen LogP contribution in [-0.4, -0.2) is 35.7 Å². The molecule has 1 aromatic rings. The van der Waals surface area contributed by atoms with Crippen molar-refractivity contribution in [2.75, 3.05) is 18.8 Å². The number of amides is 1. The summed E-state index contributed by atoms with van der Waals surface area (Å²) in [5.41, 5.74) is 1.20. The Morgan fingerprint density at radius 2 is 1.90 bits per heavy atom. The SMILES string of the molecule is Cc1ccc(SCC(N=O)C(=O)N2CCCCC2)cc1. The molecule has 1 aliphatic heterocycles. The minimum absolute atomic E-state index is 0.112. The lowest BCUT2D eigenvalue weighted by Crippen LogP contribution is -2.42. The van der Waals surface area contributed by atoms with E-state index >= 15 is 0 Å². The van der Waals surface area contributed by atoms with Crippen LogP contribution in [0.1, 0.15) is 24.8 Å². The molecule has 1 heterocycles. The van der Waals surface area contributed by atoms with Crippen LogP contribution < -0.4 is 0 Å². The lowest BCUT2D eigenvalue weighted by molar-refractivity contribution is -0.132. The molecule has 20 heavy (non-hydrogen) atoms. The summed E-state index contributed by atoms with van der Waals surface area (Å²) in [6, 6.07) is 7.30. The molecular weight excluding hydrogens is 272 g/mol. The highest BCUT2D eigenvalue weighted by molar-refractivity contribution is 7.99. The minimum Gasteiger partial charge on any atom is -0.341 e. The van der Waals surface area contributed by atoms with Gasteiger partial charge in [-0.2, -0.15) is 0 Å². The van der Waals surface area contributed by atoms with Gasteiger partial charge in [0, 0.05) is 23.7 Å². The van der Waals surface area contributed by atoms with Crippen molar-refractivity contribution in [3.05, 3.63) is 34.7 Å². The van der Waals surface area contributed by atoms with E-state index in [1.54, 1.807) is 4.90 Å². The smallest absolute Gasteiger partial charge is 0.251 e. The molecule has 1 aromatic carbocycles. The molecule has 0 N–H and O–H groups in total. The summed E-state index contributed by atoms with van der Waals surface area (Å²) in [7, 11) is 0. The molecule has 0 bridgehead atoms. The van der Waals surface area contributed by atoms with Crippen molar-refractivity contribution in [1.29, 1.82) is 0 Å². The molecule has 0 aromatic heterocycles. The van der Waals surface area contributed by atoms with Crippen molar-refractivity contribution in [1.82, 2.24) is 4.90 Å². The van der Waals surface area contributed by atoms with E-state index in [0.717, 1.165) is 30.8 Å². The molecule has 108 valence electrons. The molecule has 1 fully saturated rings. The summed E-state index contributed by atoms with van der Waals surface area (Å²) in [4.78, 5) is 26.0. The molecule has 1 aliphatic rings. The predicted octanol–water partition coefficient (Wildman–Crippen LogP) is 3.23. The van der Waals surface area contributed by atoms with Crippen LogP contribution in [0, 0.1) is 11.8 Å². The maximum absolute atomic E-state index is 12.2. The molecule has 5 heteroatoms. The molecule has 0 spiro atoms. The summed E-state index contributed by atoms with van der Waals surface area (Å²) >= 11 is 1.51. The summed E-state index contributed by atoms with van der Waals surface area (Å²) in [6.07, 6.45) is 3.23. The molecule has 0 radical (unpaired) electrons. The highest BCUT2D eigenvalue weighted by atomic mass is 32.2. The van der Waals surface area contributed by atoms with Crippen molar-refractivity contribution >= 4 is 17.7 Å². The number of carbonyl (C=O) groups is 1. The lowest BCUT2D eigenvalue weighted by atomic mass is 10.1. The van der Waals surface area contributed by atoms with Gasteiger partial charge in [0.15, 0.2) is 6.04 Å². The predicted molar refractivity (Wildman–Crippen MR) is 81.9 cm³/mol. The van der Waals surface area contributed by atoms with Crippen molar-refractivity contribution in [3.8, 4) is 0 Å². The number of hydrogen-bond donors (Lipinski definition) is 0. The van der Waals surface area contributed by atoms with Gasteiger partial charge < -0.3 is 4.90 Å². The van der Waals surface area contributed by atoms with Crippen LogP contribution >= 0.6 is 11.8 Å². The average molecular weight is 292 g/mol. The zero-order valence-corrected chi connectivity index (χ0v) is 12.6. The van der Waals surface area contributed by atoms with E-state index in [-0.39, 0.29) is 5.91 Å². The number of piperidine rings is 1. The van der Waals surface area contributed by atoms with Gasteiger partial charge in [-0.15, -0.1) is 16.7 Å². The first-order valence-corrected chi connectivity index (χ1v) is 8.00. The Morgan fingerprint density at radius 3 is 2.50 bits per heavy atom. The van der Waals surface area contributed by atoms with Gasteiger partial charge in [-0.25, -0.2) is 0 Å². The fraction of sp³-hybridized carbons (Fsp3) is 0.533. The second-order valence-corrected chi connectivity index (χ2v) is 6.22. The van der Waals surface area contributed by atoms with Crippen molar-refractivity contribution < 1.29 is 4.79 Å². The van der Waals surface area contributed by atoms with Crippen LogP contribution in [0.25, 0.3) is 0 Å². The third-order valence-electron chi connectivity index (χ3n) is 3.51. The van der Waals surface area contributed by atoms with Gasteiger partial charge in [0.25, 0.3) is 5.91 Å². The molecule has 1 unspecified atom stereocenters. The van der Waals surface area contributed by atoms with Gasteiger partial charge in [0.2, 0.25) is 0 Å². The largest absolute Gasteiger partial charge is 0.341 e.